The number of amides is 1. The Bertz CT molecular complexity index is 351. The molecule has 1 aromatic carbocycles. The van der Waals surface area contributed by atoms with Crippen molar-refractivity contribution in [2.75, 3.05) is 20.2 Å². The van der Waals surface area contributed by atoms with Gasteiger partial charge in [-0.2, -0.15) is 0 Å². The summed E-state index contributed by atoms with van der Waals surface area (Å²) in [5.41, 5.74) is 0.984. The van der Waals surface area contributed by atoms with Crippen LogP contribution >= 0.6 is 15.9 Å². The predicted molar refractivity (Wildman–Crippen MR) is 67.3 cm³/mol. The molecule has 0 saturated heterocycles. The molecule has 1 amide bonds. The number of benzene rings is 1. The van der Waals surface area contributed by atoms with Crippen LogP contribution in [0.2, 0.25) is 0 Å². The number of aliphatic hydroxyl groups excluding tert-OH is 1. The molecule has 1 rings (SSSR count). The first-order chi connectivity index (χ1) is 7.56. The van der Waals surface area contributed by atoms with Gasteiger partial charge in [0.1, 0.15) is 0 Å². The molecule has 16 heavy (non-hydrogen) atoms. The van der Waals surface area contributed by atoms with Gasteiger partial charge in [-0.05, 0) is 24.6 Å². The molecule has 0 aliphatic carbocycles. The van der Waals surface area contributed by atoms with Crippen LogP contribution in [-0.2, 0) is 4.79 Å². The maximum atomic E-state index is 11.9. The van der Waals surface area contributed by atoms with Crippen molar-refractivity contribution in [3.05, 3.63) is 34.3 Å². The van der Waals surface area contributed by atoms with Crippen LogP contribution in [-0.4, -0.2) is 36.1 Å². The average molecular weight is 286 g/mol. The smallest absolute Gasteiger partial charge is 0.229 e. The summed E-state index contributed by atoms with van der Waals surface area (Å²) in [6, 6.07) is 7.70. The zero-order chi connectivity index (χ0) is 12.1. The number of halogens is 1. The third-order valence-corrected chi connectivity index (χ3v) is 3.08. The molecule has 0 heterocycles. The summed E-state index contributed by atoms with van der Waals surface area (Å²) in [5.74, 6) is -0.152. The predicted octanol–water partition coefficient (Wildman–Crippen LogP) is 2.00. The van der Waals surface area contributed by atoms with Crippen LogP contribution in [0.25, 0.3) is 0 Å². The summed E-state index contributed by atoms with van der Waals surface area (Å²) in [6.45, 7) is 2.24. The Morgan fingerprint density at radius 3 is 2.50 bits per heavy atom. The second-order valence-corrected chi connectivity index (χ2v) is 4.67. The third kappa shape index (κ3) is 3.32. The molecular formula is C12H16BrNO2. The molecule has 0 bridgehead atoms. The first kappa shape index (κ1) is 13.2. The largest absolute Gasteiger partial charge is 0.395 e. The highest BCUT2D eigenvalue weighted by atomic mass is 79.9. The molecule has 1 aromatic rings. The van der Waals surface area contributed by atoms with Gasteiger partial charge in [-0.3, -0.25) is 4.79 Å². The molecule has 1 atom stereocenters. The number of nitrogens with zero attached hydrogens (tertiary/aromatic N) is 1. The molecule has 1 N–H and O–H groups in total. The Labute approximate surface area is 104 Å². The van der Waals surface area contributed by atoms with E-state index in [2.05, 4.69) is 15.9 Å². The normalized spacial score (nSPS) is 12.2. The van der Waals surface area contributed by atoms with E-state index < -0.39 is 0 Å². The van der Waals surface area contributed by atoms with Gasteiger partial charge in [0.15, 0.2) is 0 Å². The van der Waals surface area contributed by atoms with Crippen LogP contribution in [0.3, 0.4) is 0 Å². The molecule has 0 aromatic heterocycles. The van der Waals surface area contributed by atoms with Gasteiger partial charge in [0.25, 0.3) is 0 Å². The van der Waals surface area contributed by atoms with Crippen molar-refractivity contribution >= 4 is 21.8 Å². The van der Waals surface area contributed by atoms with Crippen molar-refractivity contribution in [2.45, 2.75) is 12.8 Å². The SMILES string of the molecule is CC(C(=O)N(C)CCO)c1ccc(Br)cc1. The lowest BCUT2D eigenvalue weighted by Gasteiger charge is -2.20. The topological polar surface area (TPSA) is 40.5 Å². The van der Waals surface area contributed by atoms with E-state index in [0.717, 1.165) is 10.0 Å². The van der Waals surface area contributed by atoms with Crippen LogP contribution in [0.15, 0.2) is 28.7 Å². The second-order valence-electron chi connectivity index (χ2n) is 3.76. The average Bonchev–Trinajstić information content (AvgIpc) is 2.28. The molecule has 0 spiro atoms. The Hall–Kier alpha value is -0.870. The molecule has 0 aliphatic rings. The molecule has 0 aliphatic heterocycles. The number of likely N-dealkylation sites (N-methyl/N-ethyl adjacent to an activating group) is 1. The fourth-order valence-corrected chi connectivity index (χ4v) is 1.75. The monoisotopic (exact) mass is 285 g/mol. The van der Waals surface area contributed by atoms with Crippen molar-refractivity contribution in [3.63, 3.8) is 0 Å². The Morgan fingerprint density at radius 1 is 1.44 bits per heavy atom. The van der Waals surface area contributed by atoms with E-state index in [1.807, 2.05) is 31.2 Å². The highest BCUT2D eigenvalue weighted by Crippen LogP contribution is 2.19. The summed E-state index contributed by atoms with van der Waals surface area (Å²) in [5, 5.41) is 8.77. The highest BCUT2D eigenvalue weighted by molar-refractivity contribution is 9.10. The zero-order valence-corrected chi connectivity index (χ0v) is 11.1. The third-order valence-electron chi connectivity index (χ3n) is 2.55. The number of hydrogen-bond donors (Lipinski definition) is 1. The van der Waals surface area contributed by atoms with Gasteiger partial charge in [0.05, 0.1) is 12.5 Å². The lowest BCUT2D eigenvalue weighted by molar-refractivity contribution is -0.131. The second kappa shape index (κ2) is 6.01. The molecule has 1 unspecified atom stereocenters. The number of carbonyl (C=O) groups excluding carboxylic acids is 1. The Morgan fingerprint density at radius 2 is 2.00 bits per heavy atom. The number of rotatable bonds is 4. The van der Waals surface area contributed by atoms with Crippen LogP contribution in [0, 0.1) is 0 Å². The van der Waals surface area contributed by atoms with Gasteiger partial charge < -0.3 is 10.0 Å². The fraction of sp³-hybridized carbons (Fsp3) is 0.417. The van der Waals surface area contributed by atoms with Crippen LogP contribution in [0.4, 0.5) is 0 Å². The van der Waals surface area contributed by atoms with E-state index in [0.29, 0.717) is 6.54 Å². The lowest BCUT2D eigenvalue weighted by atomic mass is 10.00. The van der Waals surface area contributed by atoms with E-state index in [1.54, 1.807) is 11.9 Å². The lowest BCUT2D eigenvalue weighted by Crippen LogP contribution is -2.32. The van der Waals surface area contributed by atoms with E-state index in [9.17, 15) is 4.79 Å². The highest BCUT2D eigenvalue weighted by Gasteiger charge is 2.18. The Kier molecular flexibility index (Phi) is 4.96. The van der Waals surface area contributed by atoms with Crippen molar-refractivity contribution in [1.29, 1.82) is 0 Å². The number of carbonyl (C=O) groups is 1. The first-order valence-electron chi connectivity index (χ1n) is 5.17. The Balaban J connectivity index is 2.73. The standard InChI is InChI=1S/C12H16BrNO2/c1-9(12(16)14(2)7-8-15)10-3-5-11(13)6-4-10/h3-6,9,15H,7-8H2,1-2H3. The van der Waals surface area contributed by atoms with Crippen molar-refractivity contribution in [2.24, 2.45) is 0 Å². The maximum absolute atomic E-state index is 11.9. The van der Waals surface area contributed by atoms with Crippen molar-refractivity contribution < 1.29 is 9.90 Å². The summed E-state index contributed by atoms with van der Waals surface area (Å²) >= 11 is 3.36. The molecule has 0 radical (unpaired) electrons. The van der Waals surface area contributed by atoms with Gasteiger partial charge in [0.2, 0.25) is 5.91 Å². The summed E-state index contributed by atoms with van der Waals surface area (Å²) in [7, 11) is 1.70. The summed E-state index contributed by atoms with van der Waals surface area (Å²) < 4.78 is 1.000. The minimum absolute atomic E-state index is 0.00466. The molecule has 3 nitrogen and oxygen atoms in total. The number of hydrogen-bond acceptors (Lipinski definition) is 2. The van der Waals surface area contributed by atoms with E-state index in [4.69, 9.17) is 5.11 Å². The van der Waals surface area contributed by atoms with Gasteiger partial charge in [-0.25, -0.2) is 0 Å². The van der Waals surface area contributed by atoms with Crippen molar-refractivity contribution in [3.8, 4) is 0 Å². The first-order valence-corrected chi connectivity index (χ1v) is 5.97. The molecule has 88 valence electrons. The summed E-state index contributed by atoms with van der Waals surface area (Å²) in [4.78, 5) is 13.5. The quantitative estimate of drug-likeness (QED) is 0.919. The van der Waals surface area contributed by atoms with Gasteiger partial charge in [-0.1, -0.05) is 28.1 Å². The van der Waals surface area contributed by atoms with Crippen molar-refractivity contribution in [1.82, 2.24) is 4.90 Å². The summed E-state index contributed by atoms with van der Waals surface area (Å²) in [6.07, 6.45) is 0. The van der Waals surface area contributed by atoms with E-state index in [1.165, 1.54) is 0 Å². The van der Waals surface area contributed by atoms with Crippen LogP contribution in [0.5, 0.6) is 0 Å². The molecule has 0 fully saturated rings. The zero-order valence-electron chi connectivity index (χ0n) is 9.48. The van der Waals surface area contributed by atoms with Gasteiger partial charge in [0, 0.05) is 18.1 Å². The van der Waals surface area contributed by atoms with Gasteiger partial charge in [-0.15, -0.1) is 0 Å². The van der Waals surface area contributed by atoms with Gasteiger partial charge >= 0.3 is 0 Å². The number of aliphatic hydroxyl groups is 1. The minimum Gasteiger partial charge on any atom is -0.395 e. The van der Waals surface area contributed by atoms with Crippen LogP contribution in [0.1, 0.15) is 18.4 Å². The minimum atomic E-state index is -0.176. The van der Waals surface area contributed by atoms with E-state index >= 15 is 0 Å². The maximum Gasteiger partial charge on any atom is 0.229 e. The van der Waals surface area contributed by atoms with E-state index in [-0.39, 0.29) is 18.4 Å². The fourth-order valence-electron chi connectivity index (χ4n) is 1.48. The van der Waals surface area contributed by atoms with Crippen LogP contribution < -0.4 is 0 Å². The molecular weight excluding hydrogens is 270 g/mol. The molecule has 0 saturated carbocycles. The molecule has 4 heteroatoms.